The summed E-state index contributed by atoms with van der Waals surface area (Å²) in [5.74, 6) is -2.10. The molecule has 9 aliphatic rings. The topological polar surface area (TPSA) is 266 Å². The van der Waals surface area contributed by atoms with Gasteiger partial charge in [-0.25, -0.2) is 32.3 Å². The first kappa shape index (κ1) is 76.6. The molecule has 4 aliphatic carbocycles. The Kier molecular flexibility index (Phi) is 28.8. The van der Waals surface area contributed by atoms with Gasteiger partial charge in [0.1, 0.15) is 66.0 Å². The van der Waals surface area contributed by atoms with Crippen LogP contribution in [0.15, 0.2) is 54.6 Å². The Labute approximate surface area is 559 Å². The molecule has 0 aromatic heterocycles. The summed E-state index contributed by atoms with van der Waals surface area (Å²) in [5.41, 5.74) is 4.95. The van der Waals surface area contributed by atoms with Gasteiger partial charge < -0.3 is 55.4 Å². The monoisotopic (exact) mass is 1370 g/mol. The number of amides is 2. The summed E-state index contributed by atoms with van der Waals surface area (Å²) in [6.45, 7) is 11.4. The van der Waals surface area contributed by atoms with Crippen molar-refractivity contribution in [2.75, 3.05) is 6.61 Å². The van der Waals surface area contributed by atoms with Crippen LogP contribution in [0.2, 0.25) is 15.1 Å². The van der Waals surface area contributed by atoms with Gasteiger partial charge in [0.2, 0.25) is 0 Å². The van der Waals surface area contributed by atoms with Crippen LogP contribution in [0.4, 0.5) is 22.8 Å². The van der Waals surface area contributed by atoms with Crippen LogP contribution in [0.1, 0.15) is 181 Å². The first-order valence-electron chi connectivity index (χ1n) is 32.2. The molecule has 5 heterocycles. The van der Waals surface area contributed by atoms with Crippen LogP contribution >= 0.6 is 34.8 Å². The summed E-state index contributed by atoms with van der Waals surface area (Å²) in [6, 6.07) is 13.1. The number of likely N-dealkylation sites (tertiary alicyclic amines) is 2. The van der Waals surface area contributed by atoms with Gasteiger partial charge in [-0.15, -0.1) is 0 Å². The average molecular weight is 1370 g/mol. The van der Waals surface area contributed by atoms with Crippen LogP contribution in [0.3, 0.4) is 0 Å². The van der Waals surface area contributed by atoms with Crippen LogP contribution in [-0.4, -0.2) is 134 Å². The lowest BCUT2D eigenvalue weighted by Gasteiger charge is -2.31. The van der Waals surface area contributed by atoms with E-state index >= 15 is 0 Å². The second-order valence-electron chi connectivity index (χ2n) is 27.0. The standard InChI is InChI=1S/C20H25ClFNO4.C15H17ClFNO2.C13H21NO4.C8H13NO2.C7H7ClFN.C4H8O2.CH4/c1-20(2,3)27-19(25)23-15-9-5-6-12(15)10-16(23)18(24)26-11-13-7-4-8-14(21)17(13)22;16-11-5-1-4-10(14(11)17)8-20-15(19)13-7-9-3-2-6-12(9)18-13;1-13(2,3)18-12(17)14-9-6-4-5-8(9)7-10(14)11(15)16;10-8(11)7-4-5-2-1-3-6(5)9-7;8-6-3-1-2-5(4-10)7(6)9;5-4-2-1-3-6-4;/h4,7-8,12,15-16H,5-6,9-11H2,1-3H3;1,4-5,9,12-13,18H,2-3,6-8H2;8-10H,4-7H2,1-3H3,(H,15,16);5-7,9H,1-4H2,(H,10,11);1-3H,4,10H2;4-5H,1-3H2;1H4/t12-,15-,16+;9-,12-,13+;8-,9-,10+;5-,6-,7+;;;/m1111.../s1. The maximum atomic E-state index is 14.0. The highest BCUT2D eigenvalue weighted by Crippen LogP contribution is 2.44. The minimum absolute atomic E-state index is 0. The van der Waals surface area contributed by atoms with Crippen LogP contribution in [0.5, 0.6) is 0 Å². The second kappa shape index (κ2) is 35.0. The molecule has 93 heavy (non-hydrogen) atoms. The van der Waals surface area contributed by atoms with Crippen LogP contribution in [0, 0.1) is 41.1 Å². The van der Waals surface area contributed by atoms with Crippen molar-refractivity contribution in [3.63, 3.8) is 0 Å². The van der Waals surface area contributed by atoms with Crippen molar-refractivity contribution in [1.82, 2.24) is 20.4 Å². The minimum atomic E-state index is -0.921. The van der Waals surface area contributed by atoms with Gasteiger partial charge in [0.15, 0.2) is 6.29 Å². The maximum Gasteiger partial charge on any atom is 0.411 e. The number of carbonyl (C=O) groups is 6. The Morgan fingerprint density at radius 1 is 0.548 bits per heavy atom. The van der Waals surface area contributed by atoms with Crippen molar-refractivity contribution < 1.29 is 80.9 Å². The maximum absolute atomic E-state index is 14.0. The van der Waals surface area contributed by atoms with Crippen molar-refractivity contribution in [1.29, 1.82) is 0 Å². The van der Waals surface area contributed by atoms with Crippen LogP contribution in [0.25, 0.3) is 0 Å². The van der Waals surface area contributed by atoms with Crippen LogP contribution < -0.4 is 16.4 Å². The van der Waals surface area contributed by atoms with Gasteiger partial charge in [-0.05, 0) is 167 Å². The number of aliphatic carboxylic acids is 2. The number of aliphatic hydroxyl groups is 1. The number of esters is 2. The molecule has 3 aromatic rings. The summed E-state index contributed by atoms with van der Waals surface area (Å²) >= 11 is 16.9. The number of carboxylic acid groups (broad SMARTS) is 2. The normalized spacial score (nSPS) is 27.6. The van der Waals surface area contributed by atoms with E-state index in [2.05, 4.69) is 10.6 Å². The Morgan fingerprint density at radius 2 is 0.957 bits per heavy atom. The molecule has 0 spiro atoms. The largest absolute Gasteiger partial charge is 0.480 e. The number of benzene rings is 3. The van der Waals surface area contributed by atoms with Crippen molar-refractivity contribution in [2.24, 2.45) is 29.4 Å². The molecular formula is C68H95Cl3F3N5O14. The predicted octanol–water partition coefficient (Wildman–Crippen LogP) is 13.3. The fourth-order valence-electron chi connectivity index (χ4n) is 13.9. The van der Waals surface area contributed by atoms with E-state index in [0.717, 1.165) is 77.2 Å². The minimum Gasteiger partial charge on any atom is -0.480 e. The van der Waals surface area contributed by atoms with Crippen molar-refractivity contribution in [2.45, 2.75) is 250 Å². The summed E-state index contributed by atoms with van der Waals surface area (Å²) in [4.78, 5) is 74.4. The smallest absolute Gasteiger partial charge is 0.411 e. The number of ether oxygens (including phenoxy) is 5. The number of nitrogens with zero attached hydrogens (tertiary/aromatic N) is 2. The number of fused-ring (bicyclic) bond motifs is 4. The van der Waals surface area contributed by atoms with Gasteiger partial charge in [-0.3, -0.25) is 19.4 Å². The SMILES string of the molecule is C.CC(C)(C)OC(=O)N1[C@@H]2CCC[C@@H]2C[C@H]1C(=O)O.CC(C)(C)OC(=O)N1[C@@H]2CCC[C@@H]2C[C@H]1C(=O)OCc1cccc(Cl)c1F.NCc1cccc(Cl)c1F.O=C(O)[C@@H]1C[C@H]2CCC[C@H]2N1.O=C(OCc1cccc(Cl)c1F)[C@@H]1C[C@H]2CCC[C@H]2N1.OC1CCCO1. The molecule has 9 fully saturated rings. The summed E-state index contributed by atoms with van der Waals surface area (Å²) in [5, 5.41) is 33.1. The lowest BCUT2D eigenvalue weighted by Crippen LogP contribution is -2.47. The average Bonchev–Trinajstić information content (AvgIpc) is 1.64. The summed E-state index contributed by atoms with van der Waals surface area (Å²) in [7, 11) is 0. The van der Waals surface area contributed by atoms with E-state index in [1.165, 1.54) is 61.3 Å². The molecule has 4 saturated carbocycles. The van der Waals surface area contributed by atoms with Gasteiger partial charge in [0.05, 0.1) is 15.1 Å². The van der Waals surface area contributed by atoms with E-state index in [4.69, 9.17) is 74.4 Å². The van der Waals surface area contributed by atoms with Gasteiger partial charge in [-0.2, -0.15) is 0 Å². The molecular weight excluding hydrogens is 1270 g/mol. The van der Waals surface area contributed by atoms with Gasteiger partial charge >= 0.3 is 36.1 Å². The molecule has 1 unspecified atom stereocenters. The summed E-state index contributed by atoms with van der Waals surface area (Å²) < 4.78 is 66.6. The molecule has 2 amide bonds. The highest BCUT2D eigenvalue weighted by molar-refractivity contribution is 6.31. The highest BCUT2D eigenvalue weighted by Gasteiger charge is 2.52. The lowest BCUT2D eigenvalue weighted by atomic mass is 10.0. The number of nitrogens with two attached hydrogens (primary N) is 1. The Bertz CT molecular complexity index is 2980. The Balaban J connectivity index is 0.000000186. The number of carboxylic acids is 2. The van der Waals surface area contributed by atoms with E-state index < -0.39 is 77.1 Å². The zero-order valence-electron chi connectivity index (χ0n) is 53.3. The quantitative estimate of drug-likeness (QED) is 0.0859. The van der Waals surface area contributed by atoms with E-state index in [1.807, 2.05) is 0 Å². The van der Waals surface area contributed by atoms with Crippen molar-refractivity contribution in [3.05, 3.63) is 104 Å². The van der Waals surface area contributed by atoms with E-state index in [9.17, 15) is 47.0 Å². The molecule has 12 rings (SSSR count). The zero-order chi connectivity index (χ0) is 67.2. The third-order valence-corrected chi connectivity index (χ3v) is 19.1. The number of nitrogens with one attached hydrogen (secondary N) is 2. The number of hydrogen-bond acceptors (Lipinski definition) is 15. The van der Waals surface area contributed by atoms with E-state index in [1.54, 1.807) is 76.8 Å². The number of hydrogen-bond donors (Lipinski definition) is 6. The molecule has 5 aliphatic heterocycles. The first-order valence-corrected chi connectivity index (χ1v) is 33.3. The van der Waals surface area contributed by atoms with Crippen LogP contribution in [-0.2, 0) is 62.6 Å². The van der Waals surface area contributed by atoms with E-state index in [-0.39, 0.29) is 83.9 Å². The van der Waals surface area contributed by atoms with Gasteiger partial charge in [-0.1, -0.05) is 104 Å². The molecule has 5 saturated heterocycles. The van der Waals surface area contributed by atoms with Crippen molar-refractivity contribution >= 4 is 70.9 Å². The Morgan fingerprint density at radius 3 is 1.35 bits per heavy atom. The fraction of sp³-hybridized carbons (Fsp3) is 0.647. The predicted molar refractivity (Wildman–Crippen MR) is 345 cm³/mol. The third kappa shape index (κ3) is 21.5. The molecule has 13 atom stereocenters. The number of rotatable bonds is 9. The highest BCUT2D eigenvalue weighted by atomic mass is 35.5. The molecule has 518 valence electrons. The molecule has 0 bridgehead atoms. The number of carbonyl (C=O) groups excluding carboxylic acids is 4. The van der Waals surface area contributed by atoms with E-state index in [0.29, 0.717) is 53.8 Å². The molecule has 25 heteroatoms. The fourth-order valence-corrected chi connectivity index (χ4v) is 14.5. The second-order valence-corrected chi connectivity index (χ2v) is 28.2. The summed E-state index contributed by atoms with van der Waals surface area (Å²) in [6.07, 6.45) is 16.3. The Hall–Kier alpha value is -5.46. The lowest BCUT2D eigenvalue weighted by molar-refractivity contribution is -0.151. The van der Waals surface area contributed by atoms with Gasteiger partial charge in [0, 0.05) is 60.4 Å². The third-order valence-electron chi connectivity index (χ3n) is 18.2. The van der Waals surface area contributed by atoms with Gasteiger partial charge in [0.25, 0.3) is 0 Å². The number of aliphatic hydroxyl groups excluding tert-OH is 1. The molecule has 19 nitrogen and oxygen atoms in total. The zero-order valence-corrected chi connectivity index (χ0v) is 55.6. The van der Waals surface area contributed by atoms with Crippen molar-refractivity contribution in [3.8, 4) is 0 Å². The molecule has 3 aromatic carbocycles. The number of halogens is 6. The first-order chi connectivity index (χ1) is 43.5. The molecule has 0 radical (unpaired) electrons. The molecule has 7 N–H and O–H groups in total.